The van der Waals surface area contributed by atoms with Crippen molar-refractivity contribution >= 4 is 0 Å². The minimum Gasteiger partial charge on any atom is -0.364 e. The highest BCUT2D eigenvalue weighted by atomic mass is 19.1. The maximum Gasteiger partial charge on any atom is 0.135 e. The SMILES string of the molecule is CC1(C)[C@H]2CC[C@]1(c1ccon1)c1nnc(-c3c(F)cccc3F)cc12. The third kappa shape index (κ3) is 1.69. The third-order valence-electron chi connectivity index (χ3n) is 6.48. The molecule has 26 heavy (non-hydrogen) atoms. The van der Waals surface area contributed by atoms with Crippen LogP contribution in [0.4, 0.5) is 8.78 Å². The molecule has 2 aliphatic rings. The van der Waals surface area contributed by atoms with Crippen LogP contribution in [0, 0.1) is 17.0 Å². The molecular formula is C20H17F2N3O. The molecule has 0 spiro atoms. The average Bonchev–Trinajstić information content (AvgIpc) is 3.26. The van der Waals surface area contributed by atoms with Gasteiger partial charge in [0, 0.05) is 6.07 Å². The topological polar surface area (TPSA) is 51.8 Å². The molecule has 1 fully saturated rings. The number of rotatable bonds is 2. The van der Waals surface area contributed by atoms with Crippen molar-refractivity contribution in [2.45, 2.75) is 38.0 Å². The smallest absolute Gasteiger partial charge is 0.135 e. The van der Waals surface area contributed by atoms with Crippen LogP contribution in [0.3, 0.4) is 0 Å². The fourth-order valence-corrected chi connectivity index (χ4v) is 5.19. The summed E-state index contributed by atoms with van der Waals surface area (Å²) in [6.45, 7) is 4.40. The fourth-order valence-electron chi connectivity index (χ4n) is 5.19. The van der Waals surface area contributed by atoms with Crippen molar-refractivity contribution in [1.29, 1.82) is 0 Å². The molecular weight excluding hydrogens is 336 g/mol. The van der Waals surface area contributed by atoms with Crippen LogP contribution in [0.1, 0.15) is 49.6 Å². The Kier molecular flexibility index (Phi) is 2.98. The minimum atomic E-state index is -0.632. The molecule has 0 unspecified atom stereocenters. The fraction of sp³-hybridized carbons (Fsp3) is 0.350. The molecule has 1 saturated carbocycles. The molecule has 4 nitrogen and oxygen atoms in total. The van der Waals surface area contributed by atoms with E-state index in [0.29, 0.717) is 0 Å². The Labute approximate surface area is 149 Å². The van der Waals surface area contributed by atoms with Gasteiger partial charge < -0.3 is 4.52 Å². The van der Waals surface area contributed by atoms with E-state index in [-0.39, 0.29) is 28.0 Å². The van der Waals surface area contributed by atoms with Gasteiger partial charge in [0.15, 0.2) is 0 Å². The van der Waals surface area contributed by atoms with Gasteiger partial charge in [-0.2, -0.15) is 5.10 Å². The molecule has 1 aromatic carbocycles. The summed E-state index contributed by atoms with van der Waals surface area (Å²) in [4.78, 5) is 0. The van der Waals surface area contributed by atoms with Gasteiger partial charge in [-0.15, -0.1) is 5.10 Å². The van der Waals surface area contributed by atoms with Gasteiger partial charge in [-0.25, -0.2) is 8.78 Å². The van der Waals surface area contributed by atoms with Crippen molar-refractivity contribution in [1.82, 2.24) is 15.4 Å². The Bertz CT molecular complexity index is 996. The number of halogens is 2. The number of hydrogen-bond donors (Lipinski definition) is 0. The molecule has 2 atom stereocenters. The van der Waals surface area contributed by atoms with Gasteiger partial charge in [0.05, 0.1) is 28.1 Å². The second-order valence-electron chi connectivity index (χ2n) is 7.73. The largest absolute Gasteiger partial charge is 0.364 e. The lowest BCUT2D eigenvalue weighted by molar-refractivity contribution is 0.234. The van der Waals surface area contributed by atoms with E-state index in [2.05, 4.69) is 29.2 Å². The van der Waals surface area contributed by atoms with Crippen LogP contribution in [0.2, 0.25) is 0 Å². The molecule has 0 amide bonds. The summed E-state index contributed by atoms with van der Waals surface area (Å²) in [5.74, 6) is -1.03. The highest BCUT2D eigenvalue weighted by Gasteiger charge is 2.65. The first kappa shape index (κ1) is 15.6. The van der Waals surface area contributed by atoms with E-state index >= 15 is 0 Å². The predicted molar refractivity (Wildman–Crippen MR) is 90.4 cm³/mol. The summed E-state index contributed by atoms with van der Waals surface area (Å²) in [6.07, 6.45) is 3.45. The van der Waals surface area contributed by atoms with Crippen LogP contribution in [-0.4, -0.2) is 15.4 Å². The summed E-state index contributed by atoms with van der Waals surface area (Å²) in [5, 5.41) is 12.9. The molecule has 2 bridgehead atoms. The quantitative estimate of drug-likeness (QED) is 0.675. The third-order valence-corrected chi connectivity index (χ3v) is 6.48. The van der Waals surface area contributed by atoms with E-state index in [1.807, 2.05) is 6.07 Å². The molecule has 5 rings (SSSR count). The molecule has 6 heteroatoms. The summed E-state index contributed by atoms with van der Waals surface area (Å²) in [6, 6.07) is 7.50. The van der Waals surface area contributed by atoms with Gasteiger partial charge in [-0.3, -0.25) is 0 Å². The van der Waals surface area contributed by atoms with Crippen molar-refractivity contribution in [3.63, 3.8) is 0 Å². The maximum absolute atomic E-state index is 14.2. The van der Waals surface area contributed by atoms with E-state index < -0.39 is 11.6 Å². The maximum atomic E-state index is 14.2. The van der Waals surface area contributed by atoms with Gasteiger partial charge in [0.25, 0.3) is 0 Å². The van der Waals surface area contributed by atoms with Crippen molar-refractivity contribution in [2.75, 3.05) is 0 Å². The van der Waals surface area contributed by atoms with Crippen molar-refractivity contribution < 1.29 is 13.3 Å². The zero-order valence-corrected chi connectivity index (χ0v) is 14.5. The number of fused-ring (bicyclic) bond motifs is 5. The number of nitrogens with zero attached hydrogens (tertiary/aromatic N) is 3. The van der Waals surface area contributed by atoms with Crippen molar-refractivity contribution in [2.24, 2.45) is 5.41 Å². The predicted octanol–water partition coefficient (Wildman–Crippen LogP) is 4.61. The number of aromatic nitrogens is 3. The lowest BCUT2D eigenvalue weighted by Gasteiger charge is -2.35. The first-order valence-corrected chi connectivity index (χ1v) is 8.70. The van der Waals surface area contributed by atoms with E-state index in [4.69, 9.17) is 4.52 Å². The molecule has 132 valence electrons. The Balaban J connectivity index is 1.74. The Hall–Kier alpha value is -2.63. The van der Waals surface area contributed by atoms with E-state index in [9.17, 15) is 8.78 Å². The van der Waals surface area contributed by atoms with Gasteiger partial charge in [0.2, 0.25) is 0 Å². The molecule has 0 N–H and O–H groups in total. The van der Waals surface area contributed by atoms with E-state index in [1.54, 1.807) is 12.3 Å². The van der Waals surface area contributed by atoms with Gasteiger partial charge in [0.1, 0.15) is 17.9 Å². The average molecular weight is 353 g/mol. The normalized spacial score (nSPS) is 25.5. The summed E-state index contributed by atoms with van der Waals surface area (Å²) in [7, 11) is 0. The molecule has 0 saturated heterocycles. The van der Waals surface area contributed by atoms with Gasteiger partial charge in [-0.05, 0) is 47.9 Å². The number of hydrogen-bond acceptors (Lipinski definition) is 4. The second-order valence-corrected chi connectivity index (χ2v) is 7.73. The lowest BCUT2D eigenvalue weighted by atomic mass is 9.66. The van der Waals surface area contributed by atoms with E-state index in [0.717, 1.165) is 29.8 Å². The van der Waals surface area contributed by atoms with Crippen LogP contribution in [0.15, 0.2) is 41.1 Å². The first-order valence-electron chi connectivity index (χ1n) is 8.70. The van der Waals surface area contributed by atoms with Gasteiger partial charge in [-0.1, -0.05) is 25.1 Å². The molecule has 0 aliphatic heterocycles. The lowest BCUT2D eigenvalue weighted by Crippen LogP contribution is -2.37. The van der Waals surface area contributed by atoms with E-state index in [1.165, 1.54) is 18.2 Å². The minimum absolute atomic E-state index is 0.126. The van der Waals surface area contributed by atoms with Crippen molar-refractivity contribution in [3.05, 3.63) is 65.2 Å². The van der Waals surface area contributed by atoms with Gasteiger partial charge >= 0.3 is 0 Å². The van der Waals surface area contributed by atoms with Crippen LogP contribution in [0.25, 0.3) is 11.3 Å². The highest BCUT2D eigenvalue weighted by Crippen LogP contribution is 2.69. The Morgan fingerprint density at radius 1 is 1.12 bits per heavy atom. The highest BCUT2D eigenvalue weighted by molar-refractivity contribution is 5.64. The summed E-state index contributed by atoms with van der Waals surface area (Å²) >= 11 is 0. The Morgan fingerprint density at radius 2 is 1.88 bits per heavy atom. The summed E-state index contributed by atoms with van der Waals surface area (Å²) in [5.41, 5.74) is 2.32. The van der Waals surface area contributed by atoms with Crippen LogP contribution in [-0.2, 0) is 5.41 Å². The second kappa shape index (κ2) is 4.96. The zero-order valence-electron chi connectivity index (χ0n) is 14.5. The van der Waals surface area contributed by atoms with Crippen LogP contribution < -0.4 is 0 Å². The number of benzene rings is 1. The summed E-state index contributed by atoms with van der Waals surface area (Å²) < 4.78 is 33.5. The molecule has 2 heterocycles. The first-order chi connectivity index (χ1) is 12.5. The standard InChI is InChI=1S/C20H17F2N3O/c1-19(2)12-6-8-20(19,16-7-9-26-25-16)18-11(12)10-15(23-24-18)17-13(21)4-3-5-14(17)22/h3-5,7,9-10,12H,6,8H2,1-2H3/t12-,20-/m0/s1. The Morgan fingerprint density at radius 3 is 2.58 bits per heavy atom. The molecule has 2 aliphatic carbocycles. The molecule has 0 radical (unpaired) electrons. The molecule has 2 aromatic heterocycles. The van der Waals surface area contributed by atoms with Crippen molar-refractivity contribution in [3.8, 4) is 11.3 Å². The monoisotopic (exact) mass is 353 g/mol. The molecule has 3 aromatic rings. The van der Waals surface area contributed by atoms with Crippen LogP contribution >= 0.6 is 0 Å². The zero-order chi connectivity index (χ0) is 18.1. The van der Waals surface area contributed by atoms with Crippen LogP contribution in [0.5, 0.6) is 0 Å².